The highest BCUT2D eigenvalue weighted by Crippen LogP contribution is 2.42. The zero-order valence-electron chi connectivity index (χ0n) is 29.8. The van der Waals surface area contributed by atoms with Gasteiger partial charge in [0.2, 0.25) is 12.2 Å². The fourth-order valence-electron chi connectivity index (χ4n) is 5.20. The molecular formula is C36H39F3N6O8S. The van der Waals surface area contributed by atoms with Gasteiger partial charge in [0.1, 0.15) is 36.7 Å². The molecule has 14 nitrogen and oxygen atoms in total. The molecule has 2 heterocycles. The minimum Gasteiger partial charge on any atom is -0.424 e. The number of rotatable bonds is 16. The van der Waals surface area contributed by atoms with Crippen molar-refractivity contribution in [3.05, 3.63) is 101 Å². The van der Waals surface area contributed by atoms with Crippen LogP contribution in [0.15, 0.2) is 67.3 Å². The van der Waals surface area contributed by atoms with Gasteiger partial charge in [-0.3, -0.25) is 9.59 Å². The quantitative estimate of drug-likeness (QED) is 0.124. The number of hydrogen-bond acceptors (Lipinski definition) is 13. The van der Waals surface area contributed by atoms with E-state index in [2.05, 4.69) is 15.4 Å². The maximum atomic E-state index is 15.7. The van der Waals surface area contributed by atoms with Crippen LogP contribution in [0.5, 0.6) is 0 Å². The first-order chi connectivity index (χ1) is 25.8. The van der Waals surface area contributed by atoms with Gasteiger partial charge in [0.15, 0.2) is 11.9 Å². The van der Waals surface area contributed by atoms with E-state index in [-0.39, 0.29) is 42.7 Å². The molecule has 18 heteroatoms. The molecule has 0 bridgehead atoms. The number of carbonyl (C=O) groups is 3. The lowest BCUT2D eigenvalue weighted by atomic mass is 9.89. The summed E-state index contributed by atoms with van der Waals surface area (Å²) in [5.74, 6) is -3.74. The topological polar surface area (TPSA) is 167 Å². The summed E-state index contributed by atoms with van der Waals surface area (Å²) in [4.78, 5) is 43.1. The summed E-state index contributed by atoms with van der Waals surface area (Å²) in [5.41, 5.74) is -1.61. The molecule has 1 aromatic heterocycles. The van der Waals surface area contributed by atoms with Gasteiger partial charge in [-0.15, -0.1) is 11.8 Å². The van der Waals surface area contributed by atoms with E-state index >= 15 is 4.39 Å². The summed E-state index contributed by atoms with van der Waals surface area (Å²) in [6.07, 6.45) is 5.36. The van der Waals surface area contributed by atoms with Crippen molar-refractivity contribution in [1.29, 1.82) is 5.26 Å². The molecular weight excluding hydrogens is 733 g/mol. The zero-order chi connectivity index (χ0) is 39.3. The predicted molar refractivity (Wildman–Crippen MR) is 189 cm³/mol. The van der Waals surface area contributed by atoms with Crippen molar-refractivity contribution in [1.82, 2.24) is 25.0 Å². The van der Waals surface area contributed by atoms with Gasteiger partial charge in [0.05, 0.1) is 43.2 Å². The van der Waals surface area contributed by atoms with E-state index in [1.165, 1.54) is 54.2 Å². The van der Waals surface area contributed by atoms with Gasteiger partial charge in [-0.05, 0) is 51.4 Å². The molecule has 3 atom stereocenters. The molecule has 0 radical (unpaired) electrons. The van der Waals surface area contributed by atoms with Crippen LogP contribution < -0.4 is 5.32 Å². The van der Waals surface area contributed by atoms with Crippen LogP contribution in [0, 0.1) is 28.8 Å². The molecule has 1 amide bonds. The molecule has 1 N–H and O–H groups in total. The molecule has 54 heavy (non-hydrogen) atoms. The van der Waals surface area contributed by atoms with Gasteiger partial charge < -0.3 is 33.9 Å². The number of halogens is 3. The van der Waals surface area contributed by atoms with Gasteiger partial charge >= 0.3 is 12.1 Å². The van der Waals surface area contributed by atoms with Crippen molar-refractivity contribution in [3.63, 3.8) is 0 Å². The van der Waals surface area contributed by atoms with Crippen molar-refractivity contribution in [2.24, 2.45) is 0 Å². The molecule has 0 aliphatic carbocycles. The SMILES string of the molecule is CC(OC(=O)CNC(=O)CN(C)C)OC(=O)O[C@@](Cn1cncn1)(c1ccc(F)cc1F)[C@@H](C)SC1COC(/C=C/C=C/c2ccc(C#N)cc2F)OC1. The highest BCUT2D eigenvalue weighted by molar-refractivity contribution is 8.00. The third kappa shape index (κ3) is 12.2. The standard InChI is InChI=1S/C36H39F3N6O8S/c1-23(54-28-18-49-34(50-19-28)8-6-5-7-26-10-9-25(15-40)13-30(26)38)36(20-45-22-41-21-43-45,29-12-11-27(37)14-31(29)39)53-35(48)52-24(2)51-33(47)16-42-32(46)17-44(3)4/h5-14,21-24,28,34H,16-20H2,1-4H3,(H,42,46)/b7-5+,8-6+/t23-,24?,28?,34?,36-/m1/s1. The van der Waals surface area contributed by atoms with E-state index < -0.39 is 65.5 Å². The zero-order valence-corrected chi connectivity index (χ0v) is 30.6. The Kier molecular flexibility index (Phi) is 15.2. The Morgan fingerprint density at radius 3 is 2.52 bits per heavy atom. The van der Waals surface area contributed by atoms with Crippen LogP contribution in [0.4, 0.5) is 18.0 Å². The minimum absolute atomic E-state index is 0.0370. The number of nitrogens with one attached hydrogen (secondary N) is 1. The molecule has 3 aromatic rings. The minimum atomic E-state index is -1.92. The first-order valence-corrected chi connectivity index (χ1v) is 17.4. The average molecular weight is 773 g/mol. The third-order valence-corrected chi connectivity index (χ3v) is 9.14. The molecule has 1 saturated heterocycles. The summed E-state index contributed by atoms with van der Waals surface area (Å²) in [7, 11) is 3.36. The lowest BCUT2D eigenvalue weighted by Gasteiger charge is -2.40. The normalized spacial score (nSPS) is 18.1. The number of ether oxygens (including phenoxy) is 5. The highest BCUT2D eigenvalue weighted by atomic mass is 32.2. The Morgan fingerprint density at radius 1 is 1.11 bits per heavy atom. The molecule has 1 fully saturated rings. The van der Waals surface area contributed by atoms with Crippen molar-refractivity contribution in [2.75, 3.05) is 40.4 Å². The van der Waals surface area contributed by atoms with Crippen LogP contribution in [0.1, 0.15) is 30.5 Å². The fraction of sp³-hybridized carbons (Fsp3) is 0.389. The second-order valence-corrected chi connectivity index (χ2v) is 13.8. The molecule has 1 aliphatic rings. The number of amides is 1. The maximum Gasteiger partial charge on any atom is 0.512 e. The number of esters is 1. The van der Waals surface area contributed by atoms with E-state index in [0.717, 1.165) is 18.2 Å². The molecule has 2 aromatic carbocycles. The molecule has 4 rings (SSSR count). The monoisotopic (exact) mass is 772 g/mol. The van der Waals surface area contributed by atoms with Crippen LogP contribution in [0.2, 0.25) is 0 Å². The van der Waals surface area contributed by atoms with Crippen molar-refractivity contribution < 1.29 is 51.2 Å². The van der Waals surface area contributed by atoms with Crippen LogP contribution in [0.25, 0.3) is 6.08 Å². The summed E-state index contributed by atoms with van der Waals surface area (Å²) < 4.78 is 73.2. The Morgan fingerprint density at radius 2 is 1.87 bits per heavy atom. The van der Waals surface area contributed by atoms with Crippen LogP contribution >= 0.6 is 11.8 Å². The van der Waals surface area contributed by atoms with Crippen LogP contribution in [0.3, 0.4) is 0 Å². The number of nitrogens with zero attached hydrogens (tertiary/aromatic N) is 5. The second-order valence-electron chi connectivity index (χ2n) is 12.2. The van der Waals surface area contributed by atoms with Gasteiger partial charge in [0.25, 0.3) is 0 Å². The number of carbonyl (C=O) groups excluding carboxylic acids is 3. The van der Waals surface area contributed by atoms with Crippen LogP contribution in [-0.4, -0.2) is 101 Å². The van der Waals surface area contributed by atoms with Gasteiger partial charge in [0, 0.05) is 29.4 Å². The number of benzene rings is 2. The van der Waals surface area contributed by atoms with Crippen molar-refractivity contribution >= 4 is 35.9 Å². The highest BCUT2D eigenvalue weighted by Gasteiger charge is 2.47. The number of allylic oxidation sites excluding steroid dienone is 2. The van der Waals surface area contributed by atoms with Gasteiger partial charge in [-0.1, -0.05) is 24.3 Å². The van der Waals surface area contributed by atoms with E-state index in [0.29, 0.717) is 11.6 Å². The Hall–Kier alpha value is -5.22. The Bertz CT molecular complexity index is 1850. The summed E-state index contributed by atoms with van der Waals surface area (Å²) >= 11 is 1.24. The van der Waals surface area contributed by atoms with E-state index in [1.807, 2.05) is 6.07 Å². The van der Waals surface area contributed by atoms with E-state index in [1.54, 1.807) is 44.1 Å². The lowest BCUT2D eigenvalue weighted by Crippen LogP contribution is -2.47. The predicted octanol–water partition coefficient (Wildman–Crippen LogP) is 4.32. The Balaban J connectivity index is 1.46. The summed E-state index contributed by atoms with van der Waals surface area (Å²) in [5, 5.41) is 14.2. The van der Waals surface area contributed by atoms with Gasteiger partial charge in [-0.2, -0.15) is 10.4 Å². The smallest absolute Gasteiger partial charge is 0.424 e. The second kappa shape index (κ2) is 19.7. The molecule has 0 saturated carbocycles. The lowest BCUT2D eigenvalue weighted by molar-refractivity contribution is -0.171. The van der Waals surface area contributed by atoms with Gasteiger partial charge in [-0.25, -0.2) is 27.6 Å². The van der Waals surface area contributed by atoms with Crippen molar-refractivity contribution in [2.45, 2.75) is 49.1 Å². The largest absolute Gasteiger partial charge is 0.512 e. The number of likely N-dealkylation sites (N-methyl/N-ethyl adjacent to an activating group) is 1. The van der Waals surface area contributed by atoms with Crippen LogP contribution in [-0.2, 0) is 45.4 Å². The number of aromatic nitrogens is 3. The van der Waals surface area contributed by atoms with Crippen molar-refractivity contribution in [3.8, 4) is 6.07 Å². The first-order valence-electron chi connectivity index (χ1n) is 16.5. The van der Waals surface area contributed by atoms with E-state index in [9.17, 15) is 23.2 Å². The number of nitriles is 1. The molecule has 1 unspecified atom stereocenters. The molecule has 288 valence electrons. The number of hydrogen-bond donors (Lipinski definition) is 1. The first kappa shape index (κ1) is 41.5. The molecule has 0 spiro atoms. The van der Waals surface area contributed by atoms with E-state index in [4.69, 9.17) is 28.9 Å². The maximum absolute atomic E-state index is 15.7. The Labute approximate surface area is 313 Å². The average Bonchev–Trinajstić information content (AvgIpc) is 3.62. The fourth-order valence-corrected chi connectivity index (χ4v) is 6.56. The molecule has 1 aliphatic heterocycles. The number of thioether (sulfide) groups is 1. The summed E-state index contributed by atoms with van der Waals surface area (Å²) in [6.45, 7) is 2.48. The third-order valence-electron chi connectivity index (χ3n) is 7.70. The summed E-state index contributed by atoms with van der Waals surface area (Å²) in [6, 6.07) is 8.84.